The summed E-state index contributed by atoms with van der Waals surface area (Å²) in [5.41, 5.74) is 1.06. The summed E-state index contributed by atoms with van der Waals surface area (Å²) in [6.45, 7) is 7.09. The highest BCUT2D eigenvalue weighted by atomic mass is 16.5. The summed E-state index contributed by atoms with van der Waals surface area (Å²) in [6, 6.07) is 10.1. The second kappa shape index (κ2) is 15.1. The van der Waals surface area contributed by atoms with Crippen molar-refractivity contribution in [1.29, 1.82) is 0 Å². The van der Waals surface area contributed by atoms with Gasteiger partial charge in [0.1, 0.15) is 24.7 Å². The van der Waals surface area contributed by atoms with E-state index in [2.05, 4.69) is 20.8 Å². The van der Waals surface area contributed by atoms with Crippen LogP contribution < -0.4 is 9.47 Å². The Labute approximate surface area is 194 Å². The number of fused-ring (bicyclic) bond motifs is 1. The van der Waals surface area contributed by atoms with Crippen molar-refractivity contribution < 1.29 is 19.7 Å². The first kappa shape index (κ1) is 26.5. The number of aliphatic hydroxyl groups excluding tert-OH is 2. The number of aryl methyl sites for hydroxylation is 1. The van der Waals surface area contributed by atoms with Gasteiger partial charge in [0.15, 0.2) is 0 Å². The third kappa shape index (κ3) is 8.63. The molecule has 0 aliphatic carbocycles. The van der Waals surface area contributed by atoms with E-state index in [1.807, 2.05) is 30.3 Å². The van der Waals surface area contributed by atoms with Crippen molar-refractivity contribution in [1.82, 2.24) is 0 Å². The maximum absolute atomic E-state index is 10.4. The summed E-state index contributed by atoms with van der Waals surface area (Å²) in [4.78, 5) is 0. The van der Waals surface area contributed by atoms with Gasteiger partial charge in [0.25, 0.3) is 0 Å². The number of unbranched alkanes of at least 4 members (excludes halogenated alkanes) is 6. The van der Waals surface area contributed by atoms with E-state index in [0.29, 0.717) is 13.2 Å². The van der Waals surface area contributed by atoms with Gasteiger partial charge in [0.05, 0.1) is 12.2 Å². The van der Waals surface area contributed by atoms with Crippen LogP contribution in [-0.2, 0) is 6.42 Å². The highest BCUT2D eigenvalue weighted by molar-refractivity contribution is 5.94. The van der Waals surface area contributed by atoms with Crippen molar-refractivity contribution in [2.45, 2.75) is 104 Å². The van der Waals surface area contributed by atoms with Crippen LogP contribution in [0.4, 0.5) is 0 Å². The van der Waals surface area contributed by atoms with Crippen LogP contribution in [0.1, 0.15) is 90.5 Å². The Hall–Kier alpha value is -1.78. The molecule has 0 fully saturated rings. The first-order chi connectivity index (χ1) is 15.6. The molecule has 4 heteroatoms. The van der Waals surface area contributed by atoms with Crippen LogP contribution in [0.25, 0.3) is 10.8 Å². The van der Waals surface area contributed by atoms with Gasteiger partial charge in [-0.3, -0.25) is 0 Å². The topological polar surface area (TPSA) is 58.9 Å². The van der Waals surface area contributed by atoms with Crippen LogP contribution in [0.2, 0.25) is 0 Å². The number of ether oxygens (including phenoxy) is 2. The number of aliphatic hydroxyl groups is 2. The van der Waals surface area contributed by atoms with E-state index in [1.54, 1.807) is 0 Å². The van der Waals surface area contributed by atoms with Crippen molar-refractivity contribution in [3.8, 4) is 11.5 Å². The molecule has 32 heavy (non-hydrogen) atoms. The molecule has 2 aromatic rings. The summed E-state index contributed by atoms with van der Waals surface area (Å²) in [5, 5.41) is 22.7. The molecule has 2 atom stereocenters. The van der Waals surface area contributed by atoms with E-state index < -0.39 is 12.2 Å². The molecule has 0 aliphatic rings. The average Bonchev–Trinajstić information content (AvgIpc) is 2.81. The summed E-state index contributed by atoms with van der Waals surface area (Å²) in [5.74, 6) is 1.63. The second-order valence-electron chi connectivity index (χ2n) is 8.89. The Morgan fingerprint density at radius 1 is 0.719 bits per heavy atom. The van der Waals surface area contributed by atoms with Gasteiger partial charge in [0.2, 0.25) is 0 Å². The molecular weight excluding hydrogens is 400 g/mol. The van der Waals surface area contributed by atoms with Crippen molar-refractivity contribution in [3.05, 3.63) is 35.9 Å². The number of hydrogen-bond donors (Lipinski definition) is 2. The minimum atomic E-state index is -0.450. The lowest BCUT2D eigenvalue weighted by Gasteiger charge is -2.20. The predicted octanol–water partition coefficient (Wildman–Crippen LogP) is 6.82. The van der Waals surface area contributed by atoms with Gasteiger partial charge in [-0.15, -0.1) is 0 Å². The van der Waals surface area contributed by atoms with Crippen molar-refractivity contribution >= 4 is 10.8 Å². The van der Waals surface area contributed by atoms with Gasteiger partial charge in [-0.2, -0.15) is 0 Å². The highest BCUT2D eigenvalue weighted by Gasteiger charge is 2.16. The van der Waals surface area contributed by atoms with Gasteiger partial charge in [-0.1, -0.05) is 96.4 Å². The molecular formula is C28H44O4. The van der Waals surface area contributed by atoms with Gasteiger partial charge in [0, 0.05) is 10.8 Å². The monoisotopic (exact) mass is 444 g/mol. The first-order valence-electron chi connectivity index (χ1n) is 12.8. The van der Waals surface area contributed by atoms with E-state index in [1.165, 1.54) is 25.7 Å². The van der Waals surface area contributed by atoms with Crippen molar-refractivity contribution in [2.24, 2.45) is 0 Å². The second-order valence-corrected chi connectivity index (χ2v) is 8.89. The molecule has 0 aromatic heterocycles. The maximum Gasteiger partial charge on any atom is 0.130 e. The fourth-order valence-corrected chi connectivity index (χ4v) is 4.07. The largest absolute Gasteiger partial charge is 0.490 e. The average molecular weight is 445 g/mol. The van der Waals surface area contributed by atoms with E-state index >= 15 is 0 Å². The quantitative estimate of drug-likeness (QED) is 0.263. The van der Waals surface area contributed by atoms with E-state index in [9.17, 15) is 10.2 Å². The SMILES string of the molecule is CCCCCCC(O)COc1cc(CC)c(OCC(O)CCCCCC)c2ccccc12. The Balaban J connectivity index is 2.06. The fourth-order valence-electron chi connectivity index (χ4n) is 4.07. The Morgan fingerprint density at radius 2 is 1.28 bits per heavy atom. The lowest BCUT2D eigenvalue weighted by Crippen LogP contribution is -2.19. The molecule has 0 radical (unpaired) electrons. The summed E-state index contributed by atoms with van der Waals surface area (Å²) in [6.07, 6.45) is 10.7. The molecule has 4 nitrogen and oxygen atoms in total. The lowest BCUT2D eigenvalue weighted by molar-refractivity contribution is 0.0964. The van der Waals surface area contributed by atoms with Gasteiger partial charge >= 0.3 is 0 Å². The molecule has 0 amide bonds. The Bertz CT molecular complexity index is 773. The first-order valence-corrected chi connectivity index (χ1v) is 12.8. The molecule has 180 valence electrons. The zero-order valence-corrected chi connectivity index (χ0v) is 20.4. The molecule has 0 heterocycles. The van der Waals surface area contributed by atoms with E-state index in [-0.39, 0.29) is 0 Å². The zero-order chi connectivity index (χ0) is 23.2. The molecule has 2 rings (SSSR count). The predicted molar refractivity (Wildman–Crippen MR) is 134 cm³/mol. The molecule has 2 N–H and O–H groups in total. The zero-order valence-electron chi connectivity index (χ0n) is 20.4. The smallest absolute Gasteiger partial charge is 0.130 e. The van der Waals surface area contributed by atoms with Gasteiger partial charge in [-0.25, -0.2) is 0 Å². The Kier molecular flexibility index (Phi) is 12.5. The third-order valence-electron chi connectivity index (χ3n) is 6.05. The van der Waals surface area contributed by atoms with Gasteiger partial charge in [-0.05, 0) is 30.9 Å². The summed E-state index contributed by atoms with van der Waals surface area (Å²) >= 11 is 0. The number of hydrogen-bond acceptors (Lipinski definition) is 4. The maximum atomic E-state index is 10.4. The molecule has 0 aliphatic heterocycles. The van der Waals surface area contributed by atoms with Gasteiger partial charge < -0.3 is 19.7 Å². The van der Waals surface area contributed by atoms with Crippen LogP contribution in [0, 0.1) is 0 Å². The minimum Gasteiger partial charge on any atom is -0.490 e. The number of rotatable bonds is 17. The number of benzene rings is 2. The summed E-state index contributed by atoms with van der Waals surface area (Å²) in [7, 11) is 0. The van der Waals surface area contributed by atoms with Crippen LogP contribution in [0.15, 0.2) is 30.3 Å². The molecule has 0 spiro atoms. The fraction of sp³-hybridized carbons (Fsp3) is 0.643. The van der Waals surface area contributed by atoms with Crippen LogP contribution in [-0.4, -0.2) is 35.6 Å². The lowest BCUT2D eigenvalue weighted by atomic mass is 10.0. The molecule has 0 saturated heterocycles. The standard InChI is InChI=1S/C28H44O4/c1-4-7-9-11-15-23(29)20-31-27-19-22(6-3)28(26-18-14-13-17-25(26)27)32-21-24(30)16-12-10-8-5-2/h13-14,17-19,23-24,29-30H,4-12,15-16,20-21H2,1-3H3. The third-order valence-corrected chi connectivity index (χ3v) is 6.05. The van der Waals surface area contributed by atoms with Crippen molar-refractivity contribution in [2.75, 3.05) is 13.2 Å². The van der Waals surface area contributed by atoms with Crippen LogP contribution in [0.5, 0.6) is 11.5 Å². The summed E-state index contributed by atoms with van der Waals surface area (Å²) < 4.78 is 12.2. The molecule has 2 unspecified atom stereocenters. The molecule has 0 saturated carbocycles. The Morgan fingerprint density at radius 3 is 1.84 bits per heavy atom. The molecule has 0 bridgehead atoms. The normalized spacial score (nSPS) is 13.3. The van der Waals surface area contributed by atoms with Crippen LogP contribution in [0.3, 0.4) is 0 Å². The molecule has 2 aromatic carbocycles. The van der Waals surface area contributed by atoms with E-state index in [4.69, 9.17) is 9.47 Å². The van der Waals surface area contributed by atoms with E-state index in [0.717, 1.165) is 72.8 Å². The highest BCUT2D eigenvalue weighted by Crippen LogP contribution is 2.37. The minimum absolute atomic E-state index is 0.302. The van der Waals surface area contributed by atoms with Crippen LogP contribution >= 0.6 is 0 Å². The van der Waals surface area contributed by atoms with Crippen molar-refractivity contribution in [3.63, 3.8) is 0 Å².